The second kappa shape index (κ2) is 5.64. The SMILES string of the molecule is Cc1cccc(CS(=O)(=O)Cc2cnn(C(C)(C)C)c2)c1. The highest BCUT2D eigenvalue weighted by molar-refractivity contribution is 7.89. The highest BCUT2D eigenvalue weighted by Gasteiger charge is 2.18. The molecule has 0 aliphatic carbocycles. The molecule has 0 N–H and O–H groups in total. The monoisotopic (exact) mass is 306 g/mol. The van der Waals surface area contributed by atoms with Gasteiger partial charge >= 0.3 is 0 Å². The zero-order valence-electron chi connectivity index (χ0n) is 13.0. The third-order valence-electron chi connectivity index (χ3n) is 3.18. The van der Waals surface area contributed by atoms with Gasteiger partial charge in [0.05, 0.1) is 23.2 Å². The molecule has 0 saturated carbocycles. The topological polar surface area (TPSA) is 52.0 Å². The Hall–Kier alpha value is -1.62. The molecule has 0 unspecified atom stereocenters. The molecular formula is C16H22N2O2S. The van der Waals surface area contributed by atoms with Gasteiger partial charge in [-0.05, 0) is 33.3 Å². The van der Waals surface area contributed by atoms with Crippen molar-refractivity contribution in [1.82, 2.24) is 9.78 Å². The third-order valence-corrected chi connectivity index (χ3v) is 4.73. The zero-order chi connectivity index (χ0) is 15.7. The molecule has 1 aromatic carbocycles. The Morgan fingerprint density at radius 1 is 1.14 bits per heavy atom. The van der Waals surface area contributed by atoms with Crippen molar-refractivity contribution in [2.45, 2.75) is 44.7 Å². The minimum atomic E-state index is -3.19. The summed E-state index contributed by atoms with van der Waals surface area (Å²) in [6, 6.07) is 7.61. The van der Waals surface area contributed by atoms with Gasteiger partial charge in [-0.15, -0.1) is 0 Å². The average molecular weight is 306 g/mol. The minimum Gasteiger partial charge on any atom is -0.267 e. The van der Waals surface area contributed by atoms with Crippen LogP contribution < -0.4 is 0 Å². The molecule has 0 radical (unpaired) electrons. The van der Waals surface area contributed by atoms with Crippen molar-refractivity contribution in [1.29, 1.82) is 0 Å². The summed E-state index contributed by atoms with van der Waals surface area (Å²) in [5, 5.41) is 4.24. The van der Waals surface area contributed by atoms with Crippen molar-refractivity contribution in [3.05, 3.63) is 53.3 Å². The van der Waals surface area contributed by atoms with Crippen molar-refractivity contribution in [3.8, 4) is 0 Å². The molecule has 5 heteroatoms. The maximum atomic E-state index is 12.3. The Bertz CT molecular complexity index is 725. The van der Waals surface area contributed by atoms with Crippen LogP contribution in [0.25, 0.3) is 0 Å². The number of aryl methyl sites for hydroxylation is 1. The van der Waals surface area contributed by atoms with Crippen molar-refractivity contribution < 1.29 is 8.42 Å². The summed E-state index contributed by atoms with van der Waals surface area (Å²) in [4.78, 5) is 0. The highest BCUT2D eigenvalue weighted by Crippen LogP contribution is 2.17. The molecule has 1 heterocycles. The fourth-order valence-electron chi connectivity index (χ4n) is 2.16. The van der Waals surface area contributed by atoms with Crippen molar-refractivity contribution in [3.63, 3.8) is 0 Å². The number of benzene rings is 1. The Labute approximate surface area is 126 Å². The second-order valence-electron chi connectivity index (χ2n) is 6.49. The van der Waals surface area contributed by atoms with Crippen molar-refractivity contribution >= 4 is 9.84 Å². The molecule has 0 bridgehead atoms. The van der Waals surface area contributed by atoms with Gasteiger partial charge in [-0.1, -0.05) is 29.8 Å². The quantitative estimate of drug-likeness (QED) is 0.872. The number of sulfone groups is 1. The number of nitrogens with zero attached hydrogens (tertiary/aromatic N) is 2. The van der Waals surface area contributed by atoms with E-state index in [0.717, 1.165) is 16.7 Å². The van der Waals surface area contributed by atoms with E-state index in [1.165, 1.54) is 0 Å². The first-order chi connectivity index (χ1) is 9.66. The number of hydrogen-bond acceptors (Lipinski definition) is 3. The van der Waals surface area contributed by atoms with Gasteiger partial charge in [0.25, 0.3) is 0 Å². The van der Waals surface area contributed by atoms with Gasteiger partial charge in [-0.3, -0.25) is 4.68 Å². The maximum absolute atomic E-state index is 12.3. The molecule has 0 aliphatic rings. The lowest BCUT2D eigenvalue weighted by atomic mass is 10.1. The van der Waals surface area contributed by atoms with Crippen LogP contribution in [0.4, 0.5) is 0 Å². The second-order valence-corrected chi connectivity index (χ2v) is 8.55. The minimum absolute atomic E-state index is 0.0248. The van der Waals surface area contributed by atoms with E-state index >= 15 is 0 Å². The molecule has 114 valence electrons. The van der Waals surface area contributed by atoms with E-state index in [-0.39, 0.29) is 17.0 Å². The summed E-state index contributed by atoms with van der Waals surface area (Å²) in [6.07, 6.45) is 3.45. The van der Waals surface area contributed by atoms with Crippen LogP contribution in [-0.2, 0) is 26.9 Å². The molecule has 0 spiro atoms. The first kappa shape index (κ1) is 15.8. The van der Waals surface area contributed by atoms with E-state index in [4.69, 9.17) is 0 Å². The summed E-state index contributed by atoms with van der Waals surface area (Å²) < 4.78 is 26.4. The van der Waals surface area contributed by atoms with Gasteiger partial charge in [0.15, 0.2) is 9.84 Å². The van der Waals surface area contributed by atoms with E-state index in [0.29, 0.717) is 0 Å². The van der Waals surface area contributed by atoms with Gasteiger partial charge in [-0.2, -0.15) is 5.10 Å². The van der Waals surface area contributed by atoms with Gasteiger partial charge in [-0.25, -0.2) is 8.42 Å². The predicted octanol–water partition coefficient (Wildman–Crippen LogP) is 3.06. The first-order valence-corrected chi connectivity index (χ1v) is 8.78. The number of hydrogen-bond donors (Lipinski definition) is 0. The van der Waals surface area contributed by atoms with Crippen molar-refractivity contribution in [2.24, 2.45) is 0 Å². The van der Waals surface area contributed by atoms with Crippen LogP contribution in [0.1, 0.15) is 37.5 Å². The smallest absolute Gasteiger partial charge is 0.158 e. The molecule has 0 amide bonds. The van der Waals surface area contributed by atoms with Crippen LogP contribution in [0.5, 0.6) is 0 Å². The summed E-state index contributed by atoms with van der Waals surface area (Å²) in [5.74, 6) is 0.0897. The fourth-order valence-corrected chi connectivity index (χ4v) is 3.61. The first-order valence-electron chi connectivity index (χ1n) is 6.96. The third kappa shape index (κ3) is 4.43. The van der Waals surface area contributed by atoms with E-state index in [1.807, 2.05) is 58.2 Å². The van der Waals surface area contributed by atoms with Crippen LogP contribution in [-0.4, -0.2) is 18.2 Å². The molecular weight excluding hydrogens is 284 g/mol. The lowest BCUT2D eigenvalue weighted by Crippen LogP contribution is -2.22. The van der Waals surface area contributed by atoms with Crippen molar-refractivity contribution in [2.75, 3.05) is 0 Å². The predicted molar refractivity (Wildman–Crippen MR) is 84.7 cm³/mol. The van der Waals surface area contributed by atoms with Gasteiger partial charge in [0, 0.05) is 11.8 Å². The molecule has 2 rings (SSSR count). The van der Waals surface area contributed by atoms with Crippen LogP contribution >= 0.6 is 0 Å². The van der Waals surface area contributed by atoms with Gasteiger partial charge in [0.2, 0.25) is 0 Å². The van der Waals surface area contributed by atoms with Gasteiger partial charge in [0.1, 0.15) is 0 Å². The largest absolute Gasteiger partial charge is 0.267 e. The molecule has 0 atom stereocenters. The van der Waals surface area contributed by atoms with E-state index < -0.39 is 9.84 Å². The van der Waals surface area contributed by atoms with Gasteiger partial charge < -0.3 is 0 Å². The molecule has 4 nitrogen and oxygen atoms in total. The normalized spacial score (nSPS) is 12.6. The Morgan fingerprint density at radius 2 is 1.81 bits per heavy atom. The maximum Gasteiger partial charge on any atom is 0.158 e. The zero-order valence-corrected chi connectivity index (χ0v) is 13.8. The lowest BCUT2D eigenvalue weighted by molar-refractivity contribution is 0.355. The standard InChI is InChI=1S/C16H22N2O2S/c1-13-6-5-7-14(8-13)11-21(19,20)12-15-9-17-18(10-15)16(2,3)4/h5-10H,11-12H2,1-4H3. The van der Waals surface area contributed by atoms with Crippen LogP contribution in [0.3, 0.4) is 0 Å². The molecule has 1 aromatic heterocycles. The average Bonchev–Trinajstić information content (AvgIpc) is 2.75. The molecule has 0 saturated heterocycles. The highest BCUT2D eigenvalue weighted by atomic mass is 32.2. The molecule has 0 fully saturated rings. The van der Waals surface area contributed by atoms with Crippen LogP contribution in [0.2, 0.25) is 0 Å². The summed E-state index contributed by atoms with van der Waals surface area (Å²) >= 11 is 0. The molecule has 21 heavy (non-hydrogen) atoms. The molecule has 0 aliphatic heterocycles. The number of rotatable bonds is 4. The summed E-state index contributed by atoms with van der Waals surface area (Å²) in [7, 11) is -3.19. The van der Waals surface area contributed by atoms with E-state index in [1.54, 1.807) is 10.9 Å². The van der Waals surface area contributed by atoms with Crippen LogP contribution in [0, 0.1) is 6.92 Å². The Balaban J connectivity index is 2.13. The molecule has 2 aromatic rings. The van der Waals surface area contributed by atoms with E-state index in [2.05, 4.69) is 5.10 Å². The van der Waals surface area contributed by atoms with E-state index in [9.17, 15) is 8.42 Å². The summed E-state index contributed by atoms with van der Waals surface area (Å²) in [5.41, 5.74) is 2.50. The summed E-state index contributed by atoms with van der Waals surface area (Å²) in [6.45, 7) is 8.06. The Kier molecular flexibility index (Phi) is 4.23. The fraction of sp³-hybridized carbons (Fsp3) is 0.438. The van der Waals surface area contributed by atoms with Crippen LogP contribution in [0.15, 0.2) is 36.7 Å². The Morgan fingerprint density at radius 3 is 2.38 bits per heavy atom. The lowest BCUT2D eigenvalue weighted by Gasteiger charge is -2.18. The number of aromatic nitrogens is 2.